The molecular formula is C15H10O5. The highest BCUT2D eigenvalue weighted by Gasteiger charge is 2.21. The molecule has 1 aliphatic heterocycles. The minimum Gasteiger partial charge on any atom is -0.387 e. The third kappa shape index (κ3) is 2.77. The average molecular weight is 270 g/mol. The smallest absolute Gasteiger partial charge is 0.338 e. The van der Waals surface area contributed by atoms with Gasteiger partial charge in [-0.15, -0.1) is 0 Å². The molecule has 0 fully saturated rings. The molecule has 0 bridgehead atoms. The summed E-state index contributed by atoms with van der Waals surface area (Å²) >= 11 is 0. The highest BCUT2D eigenvalue weighted by Crippen LogP contribution is 2.20. The maximum atomic E-state index is 11.5. The first-order valence-corrected chi connectivity index (χ1v) is 5.79. The van der Waals surface area contributed by atoms with Crippen molar-refractivity contribution in [2.45, 2.75) is 6.92 Å². The van der Waals surface area contributed by atoms with Crippen LogP contribution in [0.4, 0.5) is 0 Å². The Labute approximate surface area is 114 Å². The standard InChI is InChI=1S/C11H8O2.C4H2O3/c1-7-6-10(12)8-4-2-3-5-9(8)11(7)13;5-3-1-2-4(6)7-3/h2-6H,1H3;1-2H. The number of hydrogen-bond acceptors (Lipinski definition) is 5. The van der Waals surface area contributed by atoms with Gasteiger partial charge in [0, 0.05) is 28.9 Å². The molecule has 1 aromatic carbocycles. The van der Waals surface area contributed by atoms with E-state index in [4.69, 9.17) is 0 Å². The maximum Gasteiger partial charge on any atom is 0.338 e. The lowest BCUT2D eigenvalue weighted by Crippen LogP contribution is -2.14. The van der Waals surface area contributed by atoms with Crippen LogP contribution in [0.5, 0.6) is 0 Å². The summed E-state index contributed by atoms with van der Waals surface area (Å²) in [6.07, 6.45) is 3.56. The Balaban J connectivity index is 0.000000178. The van der Waals surface area contributed by atoms with E-state index in [2.05, 4.69) is 4.74 Å². The van der Waals surface area contributed by atoms with Crippen molar-refractivity contribution in [1.29, 1.82) is 0 Å². The van der Waals surface area contributed by atoms with Crippen LogP contribution >= 0.6 is 0 Å². The van der Waals surface area contributed by atoms with Crippen LogP contribution in [-0.4, -0.2) is 23.5 Å². The van der Waals surface area contributed by atoms with Crippen LogP contribution in [0.1, 0.15) is 27.6 Å². The summed E-state index contributed by atoms with van der Waals surface area (Å²) < 4.78 is 3.97. The van der Waals surface area contributed by atoms with Gasteiger partial charge >= 0.3 is 11.9 Å². The molecule has 20 heavy (non-hydrogen) atoms. The fourth-order valence-corrected chi connectivity index (χ4v) is 1.75. The molecule has 0 unspecified atom stereocenters. The predicted octanol–water partition coefficient (Wildman–Crippen LogP) is 1.64. The van der Waals surface area contributed by atoms with E-state index < -0.39 is 11.9 Å². The molecule has 1 heterocycles. The Morgan fingerprint density at radius 2 is 1.40 bits per heavy atom. The van der Waals surface area contributed by atoms with Crippen LogP contribution < -0.4 is 0 Å². The monoisotopic (exact) mass is 270 g/mol. The Kier molecular flexibility index (Phi) is 3.70. The number of Topliss-reactive ketones (excluding diaryl/α,β-unsaturated/α-hetero) is 1. The van der Waals surface area contributed by atoms with E-state index in [9.17, 15) is 19.2 Å². The Hall–Kier alpha value is -2.82. The molecule has 0 saturated carbocycles. The van der Waals surface area contributed by atoms with Gasteiger partial charge in [0.25, 0.3) is 0 Å². The lowest BCUT2D eigenvalue weighted by Gasteiger charge is -2.11. The van der Waals surface area contributed by atoms with Crippen LogP contribution in [0, 0.1) is 0 Å². The molecule has 0 aromatic heterocycles. The maximum absolute atomic E-state index is 11.5. The van der Waals surface area contributed by atoms with Gasteiger partial charge in [-0.05, 0) is 13.0 Å². The Bertz CT molecular complexity index is 663. The number of carbonyl (C=O) groups is 4. The minimum atomic E-state index is -0.579. The first kappa shape index (κ1) is 13.6. The molecule has 0 amide bonds. The summed E-state index contributed by atoms with van der Waals surface area (Å²) in [6.45, 7) is 1.66. The van der Waals surface area contributed by atoms with Gasteiger partial charge in [-0.3, -0.25) is 9.59 Å². The molecule has 2 aliphatic rings. The fourth-order valence-electron chi connectivity index (χ4n) is 1.75. The Morgan fingerprint density at radius 3 is 1.90 bits per heavy atom. The fraction of sp³-hybridized carbons (Fsp3) is 0.0667. The van der Waals surface area contributed by atoms with Crippen molar-refractivity contribution < 1.29 is 23.9 Å². The quantitative estimate of drug-likeness (QED) is 0.529. The summed E-state index contributed by atoms with van der Waals surface area (Å²) in [6, 6.07) is 6.89. The number of ether oxygens (including phenoxy) is 1. The zero-order chi connectivity index (χ0) is 14.7. The topological polar surface area (TPSA) is 77.5 Å². The van der Waals surface area contributed by atoms with Crippen molar-refractivity contribution in [3.05, 3.63) is 59.2 Å². The number of esters is 2. The second-order valence-electron chi connectivity index (χ2n) is 4.14. The van der Waals surface area contributed by atoms with Gasteiger partial charge in [-0.1, -0.05) is 24.3 Å². The lowest BCUT2D eigenvalue weighted by atomic mass is 9.90. The third-order valence-corrected chi connectivity index (χ3v) is 2.70. The van der Waals surface area contributed by atoms with Crippen molar-refractivity contribution in [3.8, 4) is 0 Å². The van der Waals surface area contributed by atoms with Crippen LogP contribution in [0.3, 0.4) is 0 Å². The van der Waals surface area contributed by atoms with Crippen molar-refractivity contribution in [1.82, 2.24) is 0 Å². The Morgan fingerprint density at radius 1 is 0.850 bits per heavy atom. The molecule has 3 rings (SSSR count). The van der Waals surface area contributed by atoms with E-state index in [1.54, 1.807) is 31.2 Å². The van der Waals surface area contributed by atoms with Crippen LogP contribution in [0.25, 0.3) is 0 Å². The molecular weight excluding hydrogens is 260 g/mol. The lowest BCUT2D eigenvalue weighted by molar-refractivity contribution is -0.150. The van der Waals surface area contributed by atoms with E-state index in [0.29, 0.717) is 16.7 Å². The van der Waals surface area contributed by atoms with Crippen LogP contribution in [0.15, 0.2) is 48.1 Å². The van der Waals surface area contributed by atoms with E-state index in [1.165, 1.54) is 6.08 Å². The second kappa shape index (κ2) is 5.44. The zero-order valence-corrected chi connectivity index (χ0v) is 10.6. The van der Waals surface area contributed by atoms with Crippen molar-refractivity contribution in [2.75, 3.05) is 0 Å². The van der Waals surface area contributed by atoms with E-state index in [-0.39, 0.29) is 11.6 Å². The summed E-state index contributed by atoms with van der Waals surface area (Å²) in [4.78, 5) is 42.8. The molecule has 1 aromatic rings. The SMILES string of the molecule is CC1=CC(=O)c2ccccc2C1=O.O=C1C=CC(=O)O1. The number of hydrogen-bond donors (Lipinski definition) is 0. The second-order valence-corrected chi connectivity index (χ2v) is 4.14. The normalized spacial score (nSPS) is 16.1. The average Bonchev–Trinajstić information content (AvgIpc) is 2.81. The number of carbonyl (C=O) groups excluding carboxylic acids is 4. The molecule has 0 radical (unpaired) electrons. The van der Waals surface area contributed by atoms with Gasteiger partial charge in [-0.2, -0.15) is 0 Å². The molecule has 5 nitrogen and oxygen atoms in total. The van der Waals surface area contributed by atoms with Gasteiger partial charge < -0.3 is 4.74 Å². The first-order valence-electron chi connectivity index (χ1n) is 5.79. The molecule has 0 atom stereocenters. The molecule has 0 saturated heterocycles. The predicted molar refractivity (Wildman–Crippen MR) is 69.1 cm³/mol. The molecule has 1 aliphatic carbocycles. The number of allylic oxidation sites excluding steroid dienone is 2. The summed E-state index contributed by atoms with van der Waals surface area (Å²) in [5.41, 5.74) is 1.55. The number of cyclic esters (lactones) is 2. The van der Waals surface area contributed by atoms with Gasteiger partial charge in [0.1, 0.15) is 0 Å². The van der Waals surface area contributed by atoms with Gasteiger partial charge in [0.15, 0.2) is 11.6 Å². The number of fused-ring (bicyclic) bond motifs is 1. The van der Waals surface area contributed by atoms with Crippen molar-refractivity contribution in [3.63, 3.8) is 0 Å². The van der Waals surface area contributed by atoms with Crippen molar-refractivity contribution >= 4 is 23.5 Å². The van der Waals surface area contributed by atoms with Gasteiger partial charge in [0.05, 0.1) is 0 Å². The zero-order valence-electron chi connectivity index (χ0n) is 10.6. The largest absolute Gasteiger partial charge is 0.387 e. The van der Waals surface area contributed by atoms with E-state index in [0.717, 1.165) is 12.2 Å². The summed E-state index contributed by atoms with van der Waals surface area (Å²) in [7, 11) is 0. The minimum absolute atomic E-state index is 0.0461. The highest BCUT2D eigenvalue weighted by atomic mass is 16.6. The molecule has 5 heteroatoms. The first-order chi connectivity index (χ1) is 9.49. The van der Waals surface area contributed by atoms with Crippen LogP contribution in [-0.2, 0) is 14.3 Å². The molecule has 100 valence electrons. The van der Waals surface area contributed by atoms with E-state index >= 15 is 0 Å². The highest BCUT2D eigenvalue weighted by molar-refractivity contribution is 6.24. The third-order valence-electron chi connectivity index (χ3n) is 2.70. The van der Waals surface area contributed by atoms with Crippen molar-refractivity contribution in [2.24, 2.45) is 0 Å². The summed E-state index contributed by atoms with van der Waals surface area (Å²) in [5.74, 6) is -1.28. The molecule has 0 N–H and O–H groups in total. The van der Waals surface area contributed by atoms with Gasteiger partial charge in [0.2, 0.25) is 0 Å². The van der Waals surface area contributed by atoms with Crippen LogP contribution in [0.2, 0.25) is 0 Å². The van der Waals surface area contributed by atoms with Gasteiger partial charge in [-0.25, -0.2) is 9.59 Å². The number of rotatable bonds is 0. The van der Waals surface area contributed by atoms with E-state index in [1.807, 2.05) is 0 Å². The summed E-state index contributed by atoms with van der Waals surface area (Å²) in [5, 5.41) is 0. The molecule has 0 spiro atoms. The number of ketones is 2. The number of benzene rings is 1.